The predicted molar refractivity (Wildman–Crippen MR) is 62.1 cm³/mol. The summed E-state index contributed by atoms with van der Waals surface area (Å²) >= 11 is 0. The number of hydrogen-bond donors (Lipinski definition) is 2. The third-order valence-corrected chi connectivity index (χ3v) is 3.98. The summed E-state index contributed by atoms with van der Waals surface area (Å²) < 4.78 is 5.61. The zero-order valence-corrected chi connectivity index (χ0v) is 9.85. The maximum Gasteiger partial charge on any atom is 0.0700 e. The Bertz CT molecular complexity index is 184. The molecule has 0 aliphatic carbocycles. The largest absolute Gasteiger partial charge is 0.377 e. The fraction of sp³-hybridized carbons (Fsp3) is 1.00. The topological polar surface area (TPSA) is 33.3 Å². The van der Waals surface area contributed by atoms with Crippen LogP contribution in [0.2, 0.25) is 0 Å². The molecule has 0 aromatic carbocycles. The second-order valence-electron chi connectivity index (χ2n) is 5.05. The fourth-order valence-corrected chi connectivity index (χ4v) is 2.68. The van der Waals surface area contributed by atoms with E-state index in [1.54, 1.807) is 0 Å². The second-order valence-corrected chi connectivity index (χ2v) is 5.05. The molecule has 0 saturated carbocycles. The lowest BCUT2D eigenvalue weighted by Crippen LogP contribution is -2.38. The third-order valence-electron chi connectivity index (χ3n) is 3.98. The molecular weight excluding hydrogens is 188 g/mol. The SMILES string of the molecule is CCC1(CNCC2CCCO2)CCNC1. The van der Waals surface area contributed by atoms with E-state index in [4.69, 9.17) is 4.74 Å². The normalized spacial score (nSPS) is 36.2. The third kappa shape index (κ3) is 2.92. The Kier molecular flexibility index (Phi) is 4.00. The highest BCUT2D eigenvalue weighted by molar-refractivity contribution is 4.88. The van der Waals surface area contributed by atoms with Crippen molar-refractivity contribution in [3.63, 3.8) is 0 Å². The lowest BCUT2D eigenvalue weighted by Gasteiger charge is -2.27. The zero-order chi connectivity index (χ0) is 10.6. The first-order chi connectivity index (χ1) is 7.35. The van der Waals surface area contributed by atoms with Crippen LogP contribution in [0.1, 0.15) is 32.6 Å². The van der Waals surface area contributed by atoms with Crippen molar-refractivity contribution >= 4 is 0 Å². The molecule has 2 N–H and O–H groups in total. The molecule has 3 heteroatoms. The highest BCUT2D eigenvalue weighted by Crippen LogP contribution is 2.28. The first-order valence-electron chi connectivity index (χ1n) is 6.38. The Morgan fingerprint density at radius 1 is 1.53 bits per heavy atom. The van der Waals surface area contributed by atoms with Crippen LogP contribution in [0.15, 0.2) is 0 Å². The predicted octanol–water partition coefficient (Wildman–Crippen LogP) is 1.14. The van der Waals surface area contributed by atoms with Gasteiger partial charge in [0.25, 0.3) is 0 Å². The van der Waals surface area contributed by atoms with Gasteiger partial charge >= 0.3 is 0 Å². The minimum atomic E-state index is 0.480. The summed E-state index contributed by atoms with van der Waals surface area (Å²) in [6.07, 6.45) is 5.56. The monoisotopic (exact) mass is 212 g/mol. The molecule has 2 aliphatic heterocycles. The average Bonchev–Trinajstić information content (AvgIpc) is 2.89. The van der Waals surface area contributed by atoms with Gasteiger partial charge in [0.05, 0.1) is 6.10 Å². The van der Waals surface area contributed by atoms with E-state index in [9.17, 15) is 0 Å². The summed E-state index contributed by atoms with van der Waals surface area (Å²) in [5.74, 6) is 0. The first-order valence-corrected chi connectivity index (χ1v) is 6.38. The van der Waals surface area contributed by atoms with Crippen LogP contribution in [0.4, 0.5) is 0 Å². The Morgan fingerprint density at radius 2 is 2.47 bits per heavy atom. The molecule has 2 fully saturated rings. The van der Waals surface area contributed by atoms with Gasteiger partial charge in [0, 0.05) is 26.2 Å². The van der Waals surface area contributed by atoms with Gasteiger partial charge in [-0.2, -0.15) is 0 Å². The van der Waals surface area contributed by atoms with Crippen LogP contribution in [0, 0.1) is 5.41 Å². The maximum absolute atomic E-state index is 5.61. The first kappa shape index (κ1) is 11.4. The van der Waals surface area contributed by atoms with Crippen molar-refractivity contribution in [1.29, 1.82) is 0 Å². The molecule has 0 bridgehead atoms. The van der Waals surface area contributed by atoms with E-state index in [0.29, 0.717) is 11.5 Å². The van der Waals surface area contributed by atoms with Crippen LogP contribution in [0.25, 0.3) is 0 Å². The van der Waals surface area contributed by atoms with Gasteiger partial charge in [0.2, 0.25) is 0 Å². The molecule has 0 amide bonds. The average molecular weight is 212 g/mol. The molecule has 0 aromatic rings. The number of rotatable bonds is 5. The van der Waals surface area contributed by atoms with Gasteiger partial charge in [-0.05, 0) is 37.6 Å². The molecule has 2 aliphatic rings. The van der Waals surface area contributed by atoms with E-state index >= 15 is 0 Å². The molecule has 15 heavy (non-hydrogen) atoms. The molecule has 2 heterocycles. The van der Waals surface area contributed by atoms with Crippen LogP contribution in [-0.4, -0.2) is 38.9 Å². The van der Waals surface area contributed by atoms with Crippen molar-refractivity contribution in [1.82, 2.24) is 10.6 Å². The molecule has 0 aromatic heterocycles. The molecule has 3 nitrogen and oxygen atoms in total. The van der Waals surface area contributed by atoms with Gasteiger partial charge in [-0.3, -0.25) is 0 Å². The van der Waals surface area contributed by atoms with Crippen molar-refractivity contribution in [3.05, 3.63) is 0 Å². The van der Waals surface area contributed by atoms with E-state index in [-0.39, 0.29) is 0 Å². The van der Waals surface area contributed by atoms with Crippen LogP contribution in [0.5, 0.6) is 0 Å². The molecule has 2 atom stereocenters. The molecular formula is C12H24N2O. The van der Waals surface area contributed by atoms with Gasteiger partial charge in [-0.15, -0.1) is 0 Å². The Hall–Kier alpha value is -0.120. The maximum atomic E-state index is 5.61. The summed E-state index contributed by atoms with van der Waals surface area (Å²) in [7, 11) is 0. The van der Waals surface area contributed by atoms with Gasteiger partial charge in [-0.25, -0.2) is 0 Å². The zero-order valence-electron chi connectivity index (χ0n) is 9.85. The van der Waals surface area contributed by atoms with Crippen LogP contribution in [0.3, 0.4) is 0 Å². The summed E-state index contributed by atoms with van der Waals surface area (Å²) in [5, 5.41) is 7.07. The van der Waals surface area contributed by atoms with Crippen LogP contribution < -0.4 is 10.6 Å². The number of hydrogen-bond acceptors (Lipinski definition) is 3. The molecule has 0 spiro atoms. The van der Waals surface area contributed by atoms with Crippen molar-refractivity contribution in [2.75, 3.05) is 32.8 Å². The van der Waals surface area contributed by atoms with E-state index in [1.165, 1.54) is 38.8 Å². The van der Waals surface area contributed by atoms with E-state index in [2.05, 4.69) is 17.6 Å². The summed E-state index contributed by atoms with van der Waals surface area (Å²) in [6, 6.07) is 0. The van der Waals surface area contributed by atoms with Crippen molar-refractivity contribution in [2.24, 2.45) is 5.41 Å². The summed E-state index contributed by atoms with van der Waals surface area (Å²) in [5.41, 5.74) is 0.513. The van der Waals surface area contributed by atoms with Crippen molar-refractivity contribution in [2.45, 2.75) is 38.7 Å². The van der Waals surface area contributed by atoms with Gasteiger partial charge < -0.3 is 15.4 Å². The Balaban J connectivity index is 1.67. The Morgan fingerprint density at radius 3 is 3.07 bits per heavy atom. The van der Waals surface area contributed by atoms with Crippen molar-refractivity contribution in [3.8, 4) is 0 Å². The standard InChI is InChI=1S/C12H24N2O/c1-2-12(5-6-13-9-12)10-14-8-11-4-3-7-15-11/h11,13-14H,2-10H2,1H3. The van der Waals surface area contributed by atoms with Crippen molar-refractivity contribution < 1.29 is 4.74 Å². The minimum Gasteiger partial charge on any atom is -0.377 e. The molecule has 88 valence electrons. The van der Waals surface area contributed by atoms with Crippen LogP contribution in [-0.2, 0) is 4.74 Å². The molecule has 2 saturated heterocycles. The molecule has 0 radical (unpaired) electrons. The summed E-state index contributed by atoms with van der Waals surface area (Å²) in [6.45, 7) is 7.84. The minimum absolute atomic E-state index is 0.480. The Labute approximate surface area is 93.0 Å². The lowest BCUT2D eigenvalue weighted by molar-refractivity contribution is 0.106. The quantitative estimate of drug-likeness (QED) is 0.717. The number of nitrogens with one attached hydrogen (secondary N) is 2. The molecule has 2 rings (SSSR count). The fourth-order valence-electron chi connectivity index (χ4n) is 2.68. The van der Waals surface area contributed by atoms with E-state index in [1.807, 2.05) is 0 Å². The number of ether oxygens (including phenoxy) is 1. The molecule has 2 unspecified atom stereocenters. The smallest absolute Gasteiger partial charge is 0.0700 e. The van der Waals surface area contributed by atoms with E-state index < -0.39 is 0 Å². The second kappa shape index (κ2) is 5.28. The highest BCUT2D eigenvalue weighted by Gasteiger charge is 2.31. The van der Waals surface area contributed by atoms with Gasteiger partial charge in [0.15, 0.2) is 0 Å². The van der Waals surface area contributed by atoms with E-state index in [0.717, 1.165) is 19.7 Å². The lowest BCUT2D eigenvalue weighted by atomic mass is 9.84. The van der Waals surface area contributed by atoms with Gasteiger partial charge in [-0.1, -0.05) is 6.92 Å². The van der Waals surface area contributed by atoms with Gasteiger partial charge in [0.1, 0.15) is 0 Å². The van der Waals surface area contributed by atoms with Crippen LogP contribution >= 0.6 is 0 Å². The summed E-state index contributed by atoms with van der Waals surface area (Å²) in [4.78, 5) is 0. The highest BCUT2D eigenvalue weighted by atomic mass is 16.5.